The number of halogens is 2. The molecule has 0 aliphatic carbocycles. The molecular formula is C18H18BrClN2O2S. The Morgan fingerprint density at radius 1 is 1.48 bits per heavy atom. The summed E-state index contributed by atoms with van der Waals surface area (Å²) in [4.78, 5) is 17.0. The largest absolute Gasteiger partial charge is 0.462 e. The lowest BCUT2D eigenvalue weighted by Crippen LogP contribution is -2.03. The number of carbonyl (C=O) groups is 1. The number of nitrogens with two attached hydrogens (primary N) is 1. The number of esters is 1. The van der Waals surface area contributed by atoms with Gasteiger partial charge in [0, 0.05) is 27.9 Å². The normalized spacial score (nSPS) is 10.2. The number of anilines is 1. The summed E-state index contributed by atoms with van der Waals surface area (Å²) < 4.78 is 5.82. The molecule has 0 atom stereocenters. The Balaban J connectivity index is 2.39. The highest BCUT2D eigenvalue weighted by Crippen LogP contribution is 2.34. The molecule has 2 rings (SSSR count). The topological polar surface area (TPSA) is 65.2 Å². The minimum absolute atomic E-state index is 0.334. The van der Waals surface area contributed by atoms with Gasteiger partial charge in [0.15, 0.2) is 0 Å². The van der Waals surface area contributed by atoms with E-state index in [1.807, 2.05) is 12.1 Å². The molecule has 132 valence electrons. The molecule has 4 nitrogen and oxygen atoms in total. The first-order valence-corrected chi connectivity index (χ1v) is 9.91. The Morgan fingerprint density at radius 2 is 2.24 bits per heavy atom. The van der Waals surface area contributed by atoms with Gasteiger partial charge in [-0.15, -0.1) is 22.9 Å². The van der Waals surface area contributed by atoms with Gasteiger partial charge in [0.05, 0.1) is 18.0 Å². The van der Waals surface area contributed by atoms with Gasteiger partial charge < -0.3 is 10.5 Å². The molecule has 0 aliphatic heterocycles. The fraction of sp³-hybridized carbons (Fsp3) is 0.333. The predicted octanol–water partition coefficient (Wildman–Crippen LogP) is 5.01. The molecule has 0 unspecified atom stereocenters. The van der Waals surface area contributed by atoms with Crippen LogP contribution in [-0.4, -0.2) is 23.4 Å². The molecule has 2 aromatic rings. The van der Waals surface area contributed by atoms with Gasteiger partial charge in [-0.1, -0.05) is 11.8 Å². The highest BCUT2D eigenvalue weighted by atomic mass is 79.9. The molecule has 25 heavy (non-hydrogen) atoms. The molecular weight excluding hydrogens is 424 g/mol. The summed E-state index contributed by atoms with van der Waals surface area (Å²) in [6.07, 6.45) is 1.55. The van der Waals surface area contributed by atoms with Gasteiger partial charge in [0.25, 0.3) is 0 Å². The van der Waals surface area contributed by atoms with Crippen LogP contribution < -0.4 is 5.73 Å². The number of alkyl halides is 1. The summed E-state index contributed by atoms with van der Waals surface area (Å²) in [5.41, 5.74) is 8.92. The van der Waals surface area contributed by atoms with Gasteiger partial charge in [-0.3, -0.25) is 0 Å². The highest BCUT2D eigenvalue weighted by molar-refractivity contribution is 9.10. The molecule has 0 bridgehead atoms. The van der Waals surface area contributed by atoms with Crippen LogP contribution in [0.1, 0.15) is 40.7 Å². The number of aromatic nitrogens is 1. The fourth-order valence-electron chi connectivity index (χ4n) is 2.06. The molecule has 0 spiro atoms. The molecule has 2 N–H and O–H groups in total. The van der Waals surface area contributed by atoms with E-state index in [1.165, 1.54) is 11.3 Å². The number of aryl methyl sites for hydroxylation is 1. The van der Waals surface area contributed by atoms with Gasteiger partial charge in [-0.25, -0.2) is 9.78 Å². The number of carbonyl (C=O) groups excluding carboxylic acids is 1. The Labute approximate surface area is 164 Å². The van der Waals surface area contributed by atoms with Crippen molar-refractivity contribution in [3.8, 4) is 22.4 Å². The highest BCUT2D eigenvalue weighted by Gasteiger charge is 2.18. The van der Waals surface area contributed by atoms with Crippen LogP contribution >= 0.6 is 38.9 Å². The second-order valence-electron chi connectivity index (χ2n) is 5.17. The van der Waals surface area contributed by atoms with Crippen LogP contribution in [0.25, 0.3) is 10.6 Å². The van der Waals surface area contributed by atoms with E-state index in [4.69, 9.17) is 22.1 Å². The summed E-state index contributed by atoms with van der Waals surface area (Å²) in [6, 6.07) is 3.77. The third-order valence-electron chi connectivity index (χ3n) is 3.29. The van der Waals surface area contributed by atoms with E-state index >= 15 is 0 Å². The maximum atomic E-state index is 12.0. The van der Waals surface area contributed by atoms with Crippen molar-refractivity contribution < 1.29 is 9.53 Å². The monoisotopic (exact) mass is 440 g/mol. The number of nitrogens with zero attached hydrogens (tertiary/aromatic N) is 1. The summed E-state index contributed by atoms with van der Waals surface area (Å²) in [5, 5.41) is 0.727. The van der Waals surface area contributed by atoms with Gasteiger partial charge in [0.2, 0.25) is 0 Å². The Morgan fingerprint density at radius 3 is 2.92 bits per heavy atom. The van der Waals surface area contributed by atoms with Gasteiger partial charge in [0.1, 0.15) is 9.88 Å². The van der Waals surface area contributed by atoms with E-state index < -0.39 is 0 Å². The second-order valence-corrected chi connectivity index (χ2v) is 7.40. The van der Waals surface area contributed by atoms with E-state index in [-0.39, 0.29) is 5.97 Å². The van der Waals surface area contributed by atoms with Crippen LogP contribution in [-0.2, 0) is 4.74 Å². The second kappa shape index (κ2) is 9.23. The lowest BCUT2D eigenvalue weighted by Gasteiger charge is -2.05. The average Bonchev–Trinajstić information content (AvgIpc) is 2.97. The van der Waals surface area contributed by atoms with Crippen molar-refractivity contribution in [2.45, 2.75) is 26.7 Å². The Hall–Kier alpha value is -1.55. The Bertz CT molecular complexity index is 840. The SMILES string of the molecule is CCOC(=O)c1sc(-c2cc(Br)c(N)c(C#CCCCCl)c2)nc1C. The molecule has 1 heterocycles. The number of benzene rings is 1. The lowest BCUT2D eigenvalue weighted by atomic mass is 10.1. The molecule has 7 heteroatoms. The van der Waals surface area contributed by atoms with Crippen LogP contribution in [0.15, 0.2) is 16.6 Å². The molecule has 1 aromatic heterocycles. The van der Waals surface area contributed by atoms with Crippen molar-refractivity contribution >= 4 is 50.5 Å². The van der Waals surface area contributed by atoms with Crippen LogP contribution in [0.3, 0.4) is 0 Å². The van der Waals surface area contributed by atoms with Crippen LogP contribution in [0.2, 0.25) is 0 Å². The van der Waals surface area contributed by atoms with E-state index in [2.05, 4.69) is 32.8 Å². The van der Waals surface area contributed by atoms with Gasteiger partial charge >= 0.3 is 5.97 Å². The minimum Gasteiger partial charge on any atom is -0.462 e. The number of thiazole rings is 1. The number of rotatable bonds is 5. The van der Waals surface area contributed by atoms with Crippen molar-refractivity contribution in [2.24, 2.45) is 0 Å². The lowest BCUT2D eigenvalue weighted by molar-refractivity contribution is 0.0531. The molecule has 0 amide bonds. The average molecular weight is 442 g/mol. The molecule has 0 radical (unpaired) electrons. The first kappa shape index (κ1) is 19.8. The van der Waals surface area contributed by atoms with Gasteiger partial charge in [-0.05, 0) is 48.3 Å². The molecule has 0 fully saturated rings. The van der Waals surface area contributed by atoms with Crippen molar-refractivity contribution in [1.82, 2.24) is 4.98 Å². The zero-order chi connectivity index (χ0) is 18.4. The predicted molar refractivity (Wildman–Crippen MR) is 107 cm³/mol. The first-order valence-electron chi connectivity index (χ1n) is 7.76. The van der Waals surface area contributed by atoms with Crippen molar-refractivity contribution in [1.29, 1.82) is 0 Å². The number of nitrogen functional groups attached to an aromatic ring is 1. The van der Waals surface area contributed by atoms with Crippen LogP contribution in [0.5, 0.6) is 0 Å². The van der Waals surface area contributed by atoms with E-state index in [9.17, 15) is 4.79 Å². The van der Waals surface area contributed by atoms with Crippen molar-refractivity contribution in [2.75, 3.05) is 18.2 Å². The number of unbranched alkanes of at least 4 members (excludes halogenated alkanes) is 1. The maximum absolute atomic E-state index is 12.0. The zero-order valence-electron chi connectivity index (χ0n) is 14.0. The molecule has 0 saturated carbocycles. The summed E-state index contributed by atoms with van der Waals surface area (Å²) in [6.45, 7) is 3.91. The maximum Gasteiger partial charge on any atom is 0.350 e. The molecule has 0 aliphatic rings. The molecule has 0 saturated heterocycles. The Kier molecular flexibility index (Phi) is 7.30. The van der Waals surface area contributed by atoms with Crippen LogP contribution in [0.4, 0.5) is 5.69 Å². The van der Waals surface area contributed by atoms with Crippen molar-refractivity contribution in [3.63, 3.8) is 0 Å². The van der Waals surface area contributed by atoms with Crippen LogP contribution in [0, 0.1) is 18.8 Å². The van der Waals surface area contributed by atoms with Crippen molar-refractivity contribution in [3.05, 3.63) is 32.7 Å². The summed E-state index contributed by atoms with van der Waals surface area (Å²) in [7, 11) is 0. The number of hydrogen-bond donors (Lipinski definition) is 1. The standard InChI is InChI=1S/C18H18BrClN2O2S/c1-3-24-18(23)16-11(2)22-17(25-16)13-9-12(7-5-4-6-8-20)15(21)14(19)10-13/h9-10H,3-4,6,8,21H2,1-2H3. The first-order chi connectivity index (χ1) is 12.0. The number of ether oxygens (including phenoxy) is 1. The smallest absolute Gasteiger partial charge is 0.350 e. The minimum atomic E-state index is -0.348. The molecule has 1 aromatic carbocycles. The van der Waals surface area contributed by atoms with E-state index in [0.717, 1.165) is 27.0 Å². The zero-order valence-corrected chi connectivity index (χ0v) is 17.1. The van der Waals surface area contributed by atoms with Gasteiger partial charge in [-0.2, -0.15) is 0 Å². The quantitative estimate of drug-likeness (QED) is 0.233. The number of hydrogen-bond acceptors (Lipinski definition) is 5. The summed E-state index contributed by atoms with van der Waals surface area (Å²) in [5.74, 6) is 6.40. The third-order valence-corrected chi connectivity index (χ3v) is 5.40. The summed E-state index contributed by atoms with van der Waals surface area (Å²) >= 11 is 10.4. The fourth-order valence-corrected chi connectivity index (χ4v) is 3.60. The third kappa shape index (κ3) is 4.97. The van der Waals surface area contributed by atoms with E-state index in [0.29, 0.717) is 35.2 Å². The van der Waals surface area contributed by atoms with E-state index in [1.54, 1.807) is 13.8 Å².